The molecule has 0 saturated carbocycles. The van der Waals surface area contributed by atoms with E-state index in [9.17, 15) is 9.59 Å². The average Bonchev–Trinajstić information content (AvgIpc) is 2.86. The SMILES string of the molecule is CCCCN1CCOc2ccccc2CCCCC2(CCN(C(=O)c3ccc(=O)[nH]n3)CC2)C1. The number of hydrogen-bond acceptors (Lipinski definition) is 5. The fraction of sp³-hybridized carbons (Fsp3) is 0.593. The zero-order valence-electron chi connectivity index (χ0n) is 20.4. The van der Waals surface area contributed by atoms with E-state index in [-0.39, 0.29) is 16.9 Å². The van der Waals surface area contributed by atoms with Gasteiger partial charge in [0.05, 0.1) is 0 Å². The number of ether oxygens (including phenoxy) is 1. The van der Waals surface area contributed by atoms with Crippen LogP contribution in [0.5, 0.6) is 5.75 Å². The highest BCUT2D eigenvalue weighted by Crippen LogP contribution is 2.38. The predicted octanol–water partition coefficient (Wildman–Crippen LogP) is 3.90. The van der Waals surface area contributed by atoms with Crippen LogP contribution in [-0.4, -0.2) is 65.2 Å². The number of aromatic nitrogens is 2. The topological polar surface area (TPSA) is 78.5 Å². The summed E-state index contributed by atoms with van der Waals surface area (Å²) in [6.07, 6.45) is 8.96. The maximum Gasteiger partial charge on any atom is 0.274 e. The Kier molecular flexibility index (Phi) is 8.38. The average molecular weight is 467 g/mol. The Balaban J connectivity index is 1.45. The second-order valence-corrected chi connectivity index (χ2v) is 9.89. The number of carbonyl (C=O) groups is 1. The smallest absolute Gasteiger partial charge is 0.274 e. The lowest BCUT2D eigenvalue weighted by atomic mass is 9.73. The van der Waals surface area contributed by atoms with Crippen molar-refractivity contribution in [2.45, 2.75) is 58.3 Å². The van der Waals surface area contributed by atoms with E-state index in [1.165, 1.54) is 43.4 Å². The summed E-state index contributed by atoms with van der Waals surface area (Å²) in [6, 6.07) is 11.3. The van der Waals surface area contributed by atoms with Gasteiger partial charge >= 0.3 is 0 Å². The first-order chi connectivity index (χ1) is 16.6. The number of fused-ring (bicyclic) bond motifs is 1. The fourth-order valence-electron chi connectivity index (χ4n) is 5.37. The number of carbonyl (C=O) groups excluding carboxylic acids is 1. The molecule has 4 rings (SSSR count). The number of benzene rings is 1. The van der Waals surface area contributed by atoms with Gasteiger partial charge in [-0.15, -0.1) is 0 Å². The van der Waals surface area contributed by atoms with E-state index in [0.29, 0.717) is 12.3 Å². The maximum absolute atomic E-state index is 12.9. The quantitative estimate of drug-likeness (QED) is 0.739. The molecule has 184 valence electrons. The van der Waals surface area contributed by atoms with Crippen LogP contribution in [0.15, 0.2) is 41.2 Å². The van der Waals surface area contributed by atoms with Crippen LogP contribution in [0.25, 0.3) is 0 Å². The number of hydrogen-bond donors (Lipinski definition) is 1. The lowest BCUT2D eigenvalue weighted by molar-refractivity contribution is 0.0370. The monoisotopic (exact) mass is 466 g/mol. The molecule has 1 N–H and O–H groups in total. The molecule has 2 aromatic rings. The van der Waals surface area contributed by atoms with Crippen LogP contribution in [0.2, 0.25) is 0 Å². The van der Waals surface area contributed by atoms with Gasteiger partial charge in [-0.3, -0.25) is 14.5 Å². The normalized spacial score (nSPS) is 19.5. The third-order valence-corrected chi connectivity index (χ3v) is 7.44. The molecule has 1 aromatic heterocycles. The minimum absolute atomic E-state index is 0.0906. The van der Waals surface area contributed by atoms with E-state index in [2.05, 4.69) is 46.3 Å². The highest BCUT2D eigenvalue weighted by Gasteiger charge is 2.37. The van der Waals surface area contributed by atoms with Gasteiger partial charge in [-0.1, -0.05) is 38.0 Å². The summed E-state index contributed by atoms with van der Waals surface area (Å²) in [5.41, 5.74) is 1.56. The van der Waals surface area contributed by atoms with Gasteiger partial charge in [-0.25, -0.2) is 5.10 Å². The summed E-state index contributed by atoms with van der Waals surface area (Å²) in [4.78, 5) is 28.7. The number of H-pyrrole nitrogens is 1. The van der Waals surface area contributed by atoms with Crippen molar-refractivity contribution in [3.63, 3.8) is 0 Å². The molecule has 1 saturated heterocycles. The molecule has 0 radical (unpaired) electrons. The molecule has 0 bridgehead atoms. The van der Waals surface area contributed by atoms with Crippen LogP contribution in [0.1, 0.15) is 67.9 Å². The lowest BCUT2D eigenvalue weighted by Gasteiger charge is -2.45. The van der Waals surface area contributed by atoms with Crippen LogP contribution < -0.4 is 10.3 Å². The van der Waals surface area contributed by atoms with E-state index in [1.54, 1.807) is 0 Å². The zero-order chi connectivity index (χ0) is 23.8. The number of likely N-dealkylation sites (tertiary alicyclic amines) is 1. The second kappa shape index (κ2) is 11.6. The molecule has 2 aliphatic heterocycles. The number of nitrogens with zero attached hydrogens (tertiary/aromatic N) is 3. The van der Waals surface area contributed by atoms with Crippen LogP contribution in [0.4, 0.5) is 0 Å². The van der Waals surface area contributed by atoms with Crippen molar-refractivity contribution in [1.82, 2.24) is 20.0 Å². The van der Waals surface area contributed by atoms with E-state index in [0.717, 1.165) is 64.2 Å². The van der Waals surface area contributed by atoms with Gasteiger partial charge in [0.1, 0.15) is 18.1 Å². The summed E-state index contributed by atoms with van der Waals surface area (Å²) >= 11 is 0. The number of unbranched alkanes of at least 4 members (excludes halogenated alkanes) is 1. The standard InChI is InChI=1S/C27H38N4O3/c1-2-3-16-30-19-20-34-24-10-5-4-8-22(24)9-6-7-13-27(21-30)14-17-31(18-15-27)26(33)23-11-12-25(32)29-28-23/h4-5,8,10-12H,2-3,6-7,9,13-21H2,1H3,(H,29,32). The highest BCUT2D eigenvalue weighted by molar-refractivity contribution is 5.92. The Hall–Kier alpha value is -2.67. The molecule has 2 aliphatic rings. The van der Waals surface area contributed by atoms with Crippen molar-refractivity contribution in [3.8, 4) is 5.75 Å². The first-order valence-electron chi connectivity index (χ1n) is 12.9. The molecular weight excluding hydrogens is 428 g/mol. The molecule has 7 heteroatoms. The van der Waals surface area contributed by atoms with E-state index < -0.39 is 0 Å². The number of rotatable bonds is 4. The van der Waals surface area contributed by atoms with Gasteiger partial charge in [0, 0.05) is 32.2 Å². The van der Waals surface area contributed by atoms with E-state index >= 15 is 0 Å². The molecule has 0 aliphatic carbocycles. The number of aromatic amines is 1. The number of amides is 1. The lowest BCUT2D eigenvalue weighted by Crippen LogP contribution is -2.49. The van der Waals surface area contributed by atoms with Gasteiger partial charge in [-0.2, -0.15) is 5.10 Å². The van der Waals surface area contributed by atoms with Gasteiger partial charge in [0.15, 0.2) is 0 Å². The van der Waals surface area contributed by atoms with Crippen molar-refractivity contribution in [2.24, 2.45) is 5.41 Å². The Labute approximate surface area is 202 Å². The molecule has 0 unspecified atom stereocenters. The van der Waals surface area contributed by atoms with Crippen molar-refractivity contribution in [1.29, 1.82) is 0 Å². The maximum atomic E-state index is 12.9. The Morgan fingerprint density at radius 1 is 1.09 bits per heavy atom. The van der Waals surface area contributed by atoms with Gasteiger partial charge in [0.2, 0.25) is 0 Å². The van der Waals surface area contributed by atoms with E-state index in [1.807, 2.05) is 4.90 Å². The third-order valence-electron chi connectivity index (χ3n) is 7.44. The van der Waals surface area contributed by atoms with E-state index in [4.69, 9.17) is 4.74 Å². The van der Waals surface area contributed by atoms with Gasteiger partial charge in [0.25, 0.3) is 11.5 Å². The molecular formula is C27H38N4O3. The number of piperidine rings is 1. The number of nitrogens with one attached hydrogen (secondary N) is 1. The molecule has 1 spiro atoms. The second-order valence-electron chi connectivity index (χ2n) is 9.89. The minimum Gasteiger partial charge on any atom is -0.492 e. The van der Waals surface area contributed by atoms with Crippen LogP contribution in [0.3, 0.4) is 0 Å². The fourth-order valence-corrected chi connectivity index (χ4v) is 5.37. The Bertz CT molecular complexity index is 977. The minimum atomic E-state index is -0.291. The zero-order valence-corrected chi connectivity index (χ0v) is 20.4. The third kappa shape index (κ3) is 6.26. The van der Waals surface area contributed by atoms with Gasteiger partial charge < -0.3 is 9.64 Å². The number of para-hydroxylation sites is 1. The van der Waals surface area contributed by atoms with Crippen LogP contribution in [0, 0.1) is 5.41 Å². The largest absolute Gasteiger partial charge is 0.492 e. The first kappa shape index (κ1) is 24.5. The molecule has 1 fully saturated rings. The predicted molar refractivity (Wildman–Crippen MR) is 133 cm³/mol. The van der Waals surface area contributed by atoms with Crippen molar-refractivity contribution < 1.29 is 9.53 Å². The van der Waals surface area contributed by atoms with Crippen molar-refractivity contribution in [3.05, 3.63) is 58.0 Å². The summed E-state index contributed by atoms with van der Waals surface area (Å²) in [5, 5.41) is 6.32. The highest BCUT2D eigenvalue weighted by atomic mass is 16.5. The Morgan fingerprint density at radius 2 is 1.91 bits per heavy atom. The van der Waals surface area contributed by atoms with Crippen LogP contribution >= 0.6 is 0 Å². The van der Waals surface area contributed by atoms with Crippen molar-refractivity contribution in [2.75, 3.05) is 39.3 Å². The molecule has 34 heavy (non-hydrogen) atoms. The summed E-state index contributed by atoms with van der Waals surface area (Å²) in [7, 11) is 0. The molecule has 3 heterocycles. The molecule has 0 atom stereocenters. The summed E-state index contributed by atoms with van der Waals surface area (Å²) in [6.45, 7) is 7.51. The molecule has 1 aromatic carbocycles. The first-order valence-corrected chi connectivity index (χ1v) is 12.9. The van der Waals surface area contributed by atoms with Crippen LogP contribution in [-0.2, 0) is 6.42 Å². The van der Waals surface area contributed by atoms with Crippen molar-refractivity contribution >= 4 is 5.91 Å². The summed E-state index contributed by atoms with van der Waals surface area (Å²) < 4.78 is 6.23. The number of aryl methyl sites for hydroxylation is 1. The molecule has 7 nitrogen and oxygen atoms in total. The van der Waals surface area contributed by atoms with Gasteiger partial charge in [-0.05, 0) is 68.2 Å². The molecule has 1 amide bonds. The Morgan fingerprint density at radius 3 is 2.68 bits per heavy atom. The summed E-state index contributed by atoms with van der Waals surface area (Å²) in [5.74, 6) is 0.947.